The molecular weight excluding hydrogens is 385 g/mol. The Morgan fingerprint density at radius 2 is 1.83 bits per heavy atom. The van der Waals surface area contributed by atoms with Gasteiger partial charge in [0.05, 0.1) is 17.9 Å². The molecule has 1 N–H and O–H groups in total. The molecule has 0 aliphatic carbocycles. The number of nitrogens with zero attached hydrogens (tertiary/aromatic N) is 3. The van der Waals surface area contributed by atoms with Gasteiger partial charge in [-0.25, -0.2) is 4.39 Å². The van der Waals surface area contributed by atoms with Gasteiger partial charge >= 0.3 is 0 Å². The van der Waals surface area contributed by atoms with E-state index in [9.17, 15) is 14.3 Å². The zero-order valence-corrected chi connectivity index (χ0v) is 18.1. The Bertz CT molecular complexity index is 940. The predicted octanol–water partition coefficient (Wildman–Crippen LogP) is 3.14. The van der Waals surface area contributed by atoms with E-state index in [1.165, 1.54) is 12.1 Å². The first-order valence-corrected chi connectivity index (χ1v) is 10.5. The predicted molar refractivity (Wildman–Crippen MR) is 111 cm³/mol. The number of carbonyl (C=O) groups is 1. The van der Waals surface area contributed by atoms with Gasteiger partial charge in [0, 0.05) is 32.0 Å². The van der Waals surface area contributed by atoms with Crippen molar-refractivity contribution in [3.63, 3.8) is 0 Å². The van der Waals surface area contributed by atoms with Crippen molar-refractivity contribution in [1.29, 1.82) is 0 Å². The number of aromatic nitrogens is 2. The number of hydrogen-bond donors (Lipinski definition) is 1. The van der Waals surface area contributed by atoms with Crippen molar-refractivity contribution in [3.05, 3.63) is 53.1 Å². The third-order valence-electron chi connectivity index (χ3n) is 6.44. The SMILES string of the molecule is Cn1nc(C(C)(C)C)cc1C(=O)N1CCC2(CC1)C[C@@](O)(c1ccc(F)cc1)CO2. The summed E-state index contributed by atoms with van der Waals surface area (Å²) in [5.41, 5.74) is 0.456. The van der Waals surface area contributed by atoms with Gasteiger partial charge in [0.1, 0.15) is 17.1 Å². The van der Waals surface area contributed by atoms with Crippen LogP contribution in [0.15, 0.2) is 30.3 Å². The van der Waals surface area contributed by atoms with Crippen LogP contribution in [-0.2, 0) is 22.8 Å². The van der Waals surface area contributed by atoms with Crippen LogP contribution in [0.5, 0.6) is 0 Å². The number of aryl methyl sites for hydroxylation is 1. The Hall–Kier alpha value is -2.25. The van der Waals surface area contributed by atoms with Crippen molar-refractivity contribution in [2.45, 2.75) is 56.7 Å². The minimum Gasteiger partial charge on any atom is -0.383 e. The molecule has 1 aromatic heterocycles. The molecule has 1 atom stereocenters. The summed E-state index contributed by atoms with van der Waals surface area (Å²) >= 11 is 0. The minimum absolute atomic E-state index is 0.0258. The molecule has 162 valence electrons. The molecule has 0 unspecified atom stereocenters. The van der Waals surface area contributed by atoms with Gasteiger partial charge in [-0.05, 0) is 36.6 Å². The number of amides is 1. The monoisotopic (exact) mass is 415 g/mol. The molecule has 30 heavy (non-hydrogen) atoms. The molecule has 0 radical (unpaired) electrons. The molecule has 3 heterocycles. The topological polar surface area (TPSA) is 67.6 Å². The maximum absolute atomic E-state index is 13.2. The summed E-state index contributed by atoms with van der Waals surface area (Å²) in [7, 11) is 1.80. The third-order valence-corrected chi connectivity index (χ3v) is 6.44. The normalized spacial score (nSPS) is 23.9. The van der Waals surface area contributed by atoms with Crippen LogP contribution in [0.25, 0.3) is 0 Å². The molecule has 1 aromatic carbocycles. The minimum atomic E-state index is -1.12. The van der Waals surface area contributed by atoms with E-state index < -0.39 is 11.2 Å². The largest absolute Gasteiger partial charge is 0.383 e. The molecule has 2 aliphatic heterocycles. The standard InChI is InChI=1S/C23H30FN3O3/c1-21(2,3)19-13-18(26(4)25-19)20(28)27-11-9-22(10-12-27)14-23(29,15-30-22)16-5-7-17(24)8-6-16/h5-8,13,29H,9-12,14-15H2,1-4H3/t23-/m0/s1. The third kappa shape index (κ3) is 3.76. The van der Waals surface area contributed by atoms with Crippen LogP contribution in [0, 0.1) is 5.82 Å². The first-order chi connectivity index (χ1) is 14.0. The van der Waals surface area contributed by atoms with Gasteiger partial charge in [-0.2, -0.15) is 5.10 Å². The quantitative estimate of drug-likeness (QED) is 0.818. The molecule has 2 saturated heterocycles. The number of benzene rings is 1. The second-order valence-corrected chi connectivity index (χ2v) is 9.77. The summed E-state index contributed by atoms with van der Waals surface area (Å²) in [4.78, 5) is 14.9. The van der Waals surface area contributed by atoms with Gasteiger partial charge < -0.3 is 14.7 Å². The molecule has 0 saturated carbocycles. The second-order valence-electron chi connectivity index (χ2n) is 9.77. The fraction of sp³-hybridized carbons (Fsp3) is 0.565. The highest BCUT2D eigenvalue weighted by molar-refractivity contribution is 5.92. The molecule has 2 aromatic rings. The van der Waals surface area contributed by atoms with Gasteiger partial charge in [0.2, 0.25) is 0 Å². The van der Waals surface area contributed by atoms with Crippen molar-refractivity contribution in [2.24, 2.45) is 7.05 Å². The van der Waals surface area contributed by atoms with Gasteiger partial charge in [0.15, 0.2) is 0 Å². The van der Waals surface area contributed by atoms with E-state index in [-0.39, 0.29) is 23.7 Å². The summed E-state index contributed by atoms with van der Waals surface area (Å²) in [5.74, 6) is -0.352. The van der Waals surface area contributed by atoms with Crippen molar-refractivity contribution >= 4 is 5.91 Å². The van der Waals surface area contributed by atoms with E-state index in [4.69, 9.17) is 4.74 Å². The number of rotatable bonds is 2. The van der Waals surface area contributed by atoms with E-state index in [2.05, 4.69) is 25.9 Å². The van der Waals surface area contributed by atoms with E-state index in [0.717, 1.165) is 5.69 Å². The van der Waals surface area contributed by atoms with Gasteiger partial charge in [-0.15, -0.1) is 0 Å². The summed E-state index contributed by atoms with van der Waals surface area (Å²) in [5, 5.41) is 15.6. The fourth-order valence-electron chi connectivity index (χ4n) is 4.49. The molecule has 6 nitrogen and oxygen atoms in total. The number of carbonyl (C=O) groups excluding carboxylic acids is 1. The first kappa shape index (κ1) is 21.0. The molecule has 1 amide bonds. The highest BCUT2D eigenvalue weighted by Gasteiger charge is 2.51. The van der Waals surface area contributed by atoms with E-state index in [1.54, 1.807) is 23.9 Å². The fourth-order valence-corrected chi connectivity index (χ4v) is 4.49. The van der Waals surface area contributed by atoms with Gasteiger partial charge in [-0.3, -0.25) is 9.48 Å². The Morgan fingerprint density at radius 1 is 1.20 bits per heavy atom. The number of aliphatic hydroxyl groups is 1. The molecular formula is C23H30FN3O3. The number of ether oxygens (including phenoxy) is 1. The van der Waals surface area contributed by atoms with Crippen molar-refractivity contribution in [1.82, 2.24) is 14.7 Å². The van der Waals surface area contributed by atoms with Gasteiger partial charge in [0.25, 0.3) is 5.91 Å². The maximum atomic E-state index is 13.2. The highest BCUT2D eigenvalue weighted by atomic mass is 19.1. The number of hydrogen-bond acceptors (Lipinski definition) is 4. The van der Waals surface area contributed by atoms with Crippen LogP contribution in [0.3, 0.4) is 0 Å². The number of piperidine rings is 1. The van der Waals surface area contributed by atoms with Crippen LogP contribution in [0.2, 0.25) is 0 Å². The van der Waals surface area contributed by atoms with Crippen LogP contribution >= 0.6 is 0 Å². The van der Waals surface area contributed by atoms with E-state index in [1.807, 2.05) is 11.0 Å². The summed E-state index contributed by atoms with van der Waals surface area (Å²) in [6, 6.07) is 7.84. The lowest BCUT2D eigenvalue weighted by Crippen LogP contribution is -2.47. The maximum Gasteiger partial charge on any atom is 0.272 e. The summed E-state index contributed by atoms with van der Waals surface area (Å²) in [6.07, 6.45) is 1.77. The molecule has 1 spiro atoms. The first-order valence-electron chi connectivity index (χ1n) is 10.5. The smallest absolute Gasteiger partial charge is 0.272 e. The molecule has 4 rings (SSSR count). The van der Waals surface area contributed by atoms with Crippen LogP contribution in [0.1, 0.15) is 61.8 Å². The summed E-state index contributed by atoms with van der Waals surface area (Å²) < 4.78 is 21.0. The Morgan fingerprint density at radius 3 is 2.40 bits per heavy atom. The van der Waals surface area contributed by atoms with Crippen molar-refractivity contribution < 1.29 is 19.0 Å². The Balaban J connectivity index is 1.43. The van der Waals surface area contributed by atoms with Crippen LogP contribution < -0.4 is 0 Å². The average Bonchev–Trinajstić information content (AvgIpc) is 3.24. The number of likely N-dealkylation sites (tertiary alicyclic amines) is 1. The lowest BCUT2D eigenvalue weighted by molar-refractivity contribution is -0.0432. The molecule has 7 heteroatoms. The Kier molecular flexibility index (Phi) is 5.02. The van der Waals surface area contributed by atoms with Crippen molar-refractivity contribution in [2.75, 3.05) is 19.7 Å². The molecule has 2 fully saturated rings. The van der Waals surface area contributed by atoms with Gasteiger partial charge in [-0.1, -0.05) is 32.9 Å². The van der Waals surface area contributed by atoms with Crippen LogP contribution in [-0.4, -0.2) is 51.0 Å². The Labute approximate surface area is 176 Å². The number of halogens is 1. The van der Waals surface area contributed by atoms with Crippen molar-refractivity contribution in [3.8, 4) is 0 Å². The van der Waals surface area contributed by atoms with E-state index in [0.29, 0.717) is 43.6 Å². The average molecular weight is 416 g/mol. The molecule has 2 aliphatic rings. The zero-order chi connectivity index (χ0) is 21.7. The van der Waals surface area contributed by atoms with E-state index >= 15 is 0 Å². The summed E-state index contributed by atoms with van der Waals surface area (Å²) in [6.45, 7) is 7.54. The second kappa shape index (κ2) is 7.17. The van der Waals surface area contributed by atoms with Crippen LogP contribution in [0.4, 0.5) is 4.39 Å². The zero-order valence-electron chi connectivity index (χ0n) is 18.1. The highest BCUT2D eigenvalue weighted by Crippen LogP contribution is 2.45. The molecule has 0 bridgehead atoms. The lowest BCUT2D eigenvalue weighted by Gasteiger charge is -2.39. The lowest BCUT2D eigenvalue weighted by atomic mass is 9.80.